The van der Waals surface area contributed by atoms with Crippen LogP contribution in [0.25, 0.3) is 0 Å². The summed E-state index contributed by atoms with van der Waals surface area (Å²) in [5, 5.41) is 2.94. The molecule has 9 heteroatoms. The normalized spacial score (nSPS) is 11.5. The molecule has 2 heterocycles. The Morgan fingerprint density at radius 1 is 1.36 bits per heavy atom. The Bertz CT molecular complexity index is 684. The number of aromatic amines is 1. The summed E-state index contributed by atoms with van der Waals surface area (Å²) in [5.41, 5.74) is -0.497. The van der Waals surface area contributed by atoms with Crippen LogP contribution in [0, 0.1) is 6.92 Å². The Morgan fingerprint density at radius 3 is 2.68 bits per heavy atom. The minimum atomic E-state index is -4.52. The largest absolute Gasteiger partial charge is 0.433 e. The van der Waals surface area contributed by atoms with Crippen LogP contribution in [0.2, 0.25) is 5.02 Å². The van der Waals surface area contributed by atoms with Crippen LogP contribution >= 0.6 is 11.6 Å². The molecule has 0 unspecified atom stereocenters. The number of hydrogen-bond acceptors (Lipinski definition) is 3. The number of rotatable bonds is 4. The maximum Gasteiger partial charge on any atom is 0.433 e. The highest BCUT2D eigenvalue weighted by atomic mass is 35.5. The molecule has 0 aliphatic rings. The van der Waals surface area contributed by atoms with E-state index in [2.05, 4.69) is 20.3 Å². The van der Waals surface area contributed by atoms with Gasteiger partial charge in [-0.3, -0.25) is 4.79 Å². The molecule has 0 fully saturated rings. The lowest BCUT2D eigenvalue weighted by Crippen LogP contribution is -2.26. The molecule has 0 atom stereocenters. The summed E-state index contributed by atoms with van der Waals surface area (Å²) in [4.78, 5) is 21.8. The maximum atomic E-state index is 12.6. The van der Waals surface area contributed by atoms with E-state index >= 15 is 0 Å². The number of aryl methyl sites for hydroxylation is 1. The molecule has 22 heavy (non-hydrogen) atoms. The predicted molar refractivity (Wildman–Crippen MR) is 73.6 cm³/mol. The van der Waals surface area contributed by atoms with Crippen molar-refractivity contribution in [2.75, 3.05) is 6.54 Å². The van der Waals surface area contributed by atoms with Gasteiger partial charge in [-0.15, -0.1) is 0 Å². The standard InChI is InChI=1S/C13H12ClF3N4O/c1-7-4-10(13(15,16)17)21-11(20-7)2-3-18-12(22)9-5-8(14)6-19-9/h4-6,19H,2-3H2,1H3,(H,18,22). The van der Waals surface area contributed by atoms with E-state index in [-0.39, 0.29) is 30.2 Å². The summed E-state index contributed by atoms with van der Waals surface area (Å²) < 4.78 is 37.9. The quantitative estimate of drug-likeness (QED) is 0.904. The number of carbonyl (C=O) groups excluding carboxylic acids is 1. The van der Waals surface area contributed by atoms with Crippen LogP contribution < -0.4 is 5.32 Å². The zero-order valence-corrected chi connectivity index (χ0v) is 12.2. The molecular formula is C13H12ClF3N4O. The van der Waals surface area contributed by atoms with E-state index in [0.717, 1.165) is 6.07 Å². The zero-order valence-electron chi connectivity index (χ0n) is 11.5. The first-order valence-corrected chi connectivity index (χ1v) is 6.67. The maximum absolute atomic E-state index is 12.6. The fraction of sp³-hybridized carbons (Fsp3) is 0.308. The monoisotopic (exact) mass is 332 g/mol. The smallest absolute Gasteiger partial charge is 0.356 e. The lowest BCUT2D eigenvalue weighted by molar-refractivity contribution is -0.141. The highest BCUT2D eigenvalue weighted by Crippen LogP contribution is 2.27. The molecule has 0 bridgehead atoms. The zero-order chi connectivity index (χ0) is 16.3. The van der Waals surface area contributed by atoms with Crippen molar-refractivity contribution < 1.29 is 18.0 Å². The fourth-order valence-electron chi connectivity index (χ4n) is 1.77. The van der Waals surface area contributed by atoms with Gasteiger partial charge in [0.15, 0.2) is 0 Å². The molecule has 2 rings (SSSR count). The number of H-pyrrole nitrogens is 1. The molecule has 0 saturated carbocycles. The third kappa shape index (κ3) is 4.20. The summed E-state index contributed by atoms with van der Waals surface area (Å²) in [6.07, 6.45) is -2.98. The summed E-state index contributed by atoms with van der Waals surface area (Å²) in [5.74, 6) is -0.382. The number of alkyl halides is 3. The Labute approximate surface area is 128 Å². The van der Waals surface area contributed by atoms with Crippen molar-refractivity contribution in [2.24, 2.45) is 0 Å². The number of aromatic nitrogens is 3. The molecule has 0 aromatic carbocycles. The first-order valence-electron chi connectivity index (χ1n) is 6.29. The van der Waals surface area contributed by atoms with Crippen molar-refractivity contribution in [3.63, 3.8) is 0 Å². The van der Waals surface area contributed by atoms with Crippen LogP contribution in [0.15, 0.2) is 18.3 Å². The molecule has 2 N–H and O–H groups in total. The number of nitrogens with one attached hydrogen (secondary N) is 2. The first kappa shape index (κ1) is 16.3. The minimum Gasteiger partial charge on any atom is -0.356 e. The molecule has 1 amide bonds. The van der Waals surface area contributed by atoms with Gasteiger partial charge in [0.25, 0.3) is 5.91 Å². The van der Waals surface area contributed by atoms with Gasteiger partial charge in [-0.2, -0.15) is 13.2 Å². The number of amides is 1. The minimum absolute atomic E-state index is 0.0251. The molecule has 0 aliphatic heterocycles. The Morgan fingerprint density at radius 2 is 2.09 bits per heavy atom. The Kier molecular flexibility index (Phi) is 4.70. The van der Waals surface area contributed by atoms with Crippen LogP contribution in [0.3, 0.4) is 0 Å². The molecule has 0 radical (unpaired) electrons. The van der Waals surface area contributed by atoms with Gasteiger partial charge >= 0.3 is 6.18 Å². The van der Waals surface area contributed by atoms with Crippen LogP contribution in [0.4, 0.5) is 13.2 Å². The van der Waals surface area contributed by atoms with Crippen molar-refractivity contribution in [1.29, 1.82) is 0 Å². The number of hydrogen-bond donors (Lipinski definition) is 2. The second kappa shape index (κ2) is 6.35. The SMILES string of the molecule is Cc1cc(C(F)(F)F)nc(CCNC(=O)c2cc(Cl)c[nH]2)n1. The highest BCUT2D eigenvalue weighted by molar-refractivity contribution is 6.30. The Hall–Kier alpha value is -2.09. The average molecular weight is 333 g/mol. The van der Waals surface area contributed by atoms with Gasteiger partial charge in [0.1, 0.15) is 17.2 Å². The molecule has 118 valence electrons. The van der Waals surface area contributed by atoms with E-state index in [9.17, 15) is 18.0 Å². The van der Waals surface area contributed by atoms with Crippen LogP contribution in [-0.2, 0) is 12.6 Å². The topological polar surface area (TPSA) is 70.7 Å². The average Bonchev–Trinajstić information content (AvgIpc) is 2.84. The van der Waals surface area contributed by atoms with Gasteiger partial charge in [-0.1, -0.05) is 11.6 Å². The van der Waals surface area contributed by atoms with Crippen molar-refractivity contribution in [3.8, 4) is 0 Å². The van der Waals surface area contributed by atoms with Crippen molar-refractivity contribution >= 4 is 17.5 Å². The summed E-state index contributed by atoms with van der Waals surface area (Å²) in [6, 6.07) is 2.32. The number of halogens is 4. The van der Waals surface area contributed by atoms with E-state index < -0.39 is 17.8 Å². The van der Waals surface area contributed by atoms with E-state index in [4.69, 9.17) is 11.6 Å². The predicted octanol–water partition coefficient (Wildman–Crippen LogP) is 2.76. The number of carbonyl (C=O) groups is 1. The van der Waals surface area contributed by atoms with Gasteiger partial charge < -0.3 is 10.3 Å². The highest BCUT2D eigenvalue weighted by Gasteiger charge is 2.33. The van der Waals surface area contributed by atoms with E-state index in [1.165, 1.54) is 19.2 Å². The summed E-state index contributed by atoms with van der Waals surface area (Å²) in [7, 11) is 0. The summed E-state index contributed by atoms with van der Waals surface area (Å²) in [6.45, 7) is 1.57. The van der Waals surface area contributed by atoms with E-state index in [1.807, 2.05) is 0 Å². The third-order valence-corrected chi connectivity index (χ3v) is 2.94. The van der Waals surface area contributed by atoms with Crippen LogP contribution in [0.1, 0.15) is 27.7 Å². The van der Waals surface area contributed by atoms with Gasteiger partial charge in [0, 0.05) is 24.9 Å². The molecule has 2 aromatic heterocycles. The molecule has 2 aromatic rings. The second-order valence-electron chi connectivity index (χ2n) is 4.55. The fourth-order valence-corrected chi connectivity index (χ4v) is 1.93. The van der Waals surface area contributed by atoms with Gasteiger partial charge in [0.05, 0.1) is 5.02 Å². The first-order chi connectivity index (χ1) is 10.3. The van der Waals surface area contributed by atoms with E-state index in [1.54, 1.807) is 0 Å². The number of nitrogens with zero attached hydrogens (tertiary/aromatic N) is 2. The Balaban J connectivity index is 1.97. The molecule has 0 saturated heterocycles. The molecular weight excluding hydrogens is 321 g/mol. The van der Waals surface area contributed by atoms with Crippen molar-refractivity contribution in [3.05, 3.63) is 46.3 Å². The van der Waals surface area contributed by atoms with Gasteiger partial charge in [-0.25, -0.2) is 9.97 Å². The third-order valence-electron chi connectivity index (χ3n) is 2.72. The van der Waals surface area contributed by atoms with Crippen LogP contribution in [-0.4, -0.2) is 27.4 Å². The van der Waals surface area contributed by atoms with Gasteiger partial charge in [-0.05, 0) is 19.1 Å². The lowest BCUT2D eigenvalue weighted by atomic mass is 10.3. The lowest BCUT2D eigenvalue weighted by Gasteiger charge is -2.09. The second-order valence-corrected chi connectivity index (χ2v) is 4.98. The molecule has 5 nitrogen and oxygen atoms in total. The molecule has 0 aliphatic carbocycles. The van der Waals surface area contributed by atoms with Crippen LogP contribution in [0.5, 0.6) is 0 Å². The van der Waals surface area contributed by atoms with Crippen molar-refractivity contribution in [1.82, 2.24) is 20.3 Å². The van der Waals surface area contributed by atoms with Gasteiger partial charge in [0.2, 0.25) is 0 Å². The van der Waals surface area contributed by atoms with Crippen molar-refractivity contribution in [2.45, 2.75) is 19.5 Å². The molecule has 0 spiro atoms. The summed E-state index contributed by atoms with van der Waals surface area (Å²) >= 11 is 5.67. The van der Waals surface area contributed by atoms with E-state index in [0.29, 0.717) is 5.02 Å².